The molecule has 2 fully saturated rings. The number of likely N-dealkylation sites (tertiary alicyclic amines) is 1. The lowest BCUT2D eigenvalue weighted by Gasteiger charge is -2.56. The molecule has 0 bridgehead atoms. The summed E-state index contributed by atoms with van der Waals surface area (Å²) in [7, 11) is 0. The fourth-order valence-corrected chi connectivity index (χ4v) is 2.51. The van der Waals surface area contributed by atoms with E-state index in [9.17, 15) is 17.7 Å². The van der Waals surface area contributed by atoms with Gasteiger partial charge in [-0.3, -0.25) is 0 Å². The highest BCUT2D eigenvalue weighted by atomic mass is 19.4. The van der Waals surface area contributed by atoms with Crippen molar-refractivity contribution in [2.24, 2.45) is 5.92 Å². The molecule has 0 aromatic heterocycles. The van der Waals surface area contributed by atoms with E-state index in [4.69, 9.17) is 4.74 Å². The van der Waals surface area contributed by atoms with Gasteiger partial charge in [-0.05, 0) is 26.1 Å². The Balaban J connectivity index is 1.97. The van der Waals surface area contributed by atoms with Crippen molar-refractivity contribution in [3.05, 3.63) is 0 Å². The van der Waals surface area contributed by atoms with E-state index in [0.717, 1.165) is 0 Å². The van der Waals surface area contributed by atoms with Crippen LogP contribution < -0.4 is 0 Å². The maximum Gasteiger partial charge on any atom is 0.488 e. The smallest absolute Gasteiger partial charge is 0.448 e. The lowest BCUT2D eigenvalue weighted by atomic mass is 9.50. The number of amides is 1. The van der Waals surface area contributed by atoms with Crippen molar-refractivity contribution in [2.75, 3.05) is 13.1 Å². The number of halogens is 3. The number of carbonyl (C=O) groups is 1. The van der Waals surface area contributed by atoms with Crippen LogP contribution in [0.4, 0.5) is 17.7 Å². The van der Waals surface area contributed by atoms with Gasteiger partial charge >= 0.3 is 13.1 Å². The monoisotopic (exact) mass is 264 g/mol. The predicted molar refractivity (Wildman–Crippen MR) is 62.3 cm³/mol. The van der Waals surface area contributed by atoms with Crippen LogP contribution in [0.5, 0.6) is 0 Å². The first-order chi connectivity index (χ1) is 8.05. The van der Waals surface area contributed by atoms with E-state index in [1.807, 2.05) is 0 Å². The van der Waals surface area contributed by atoms with Gasteiger partial charge in [0.15, 0.2) is 0 Å². The summed E-state index contributed by atoms with van der Waals surface area (Å²) in [5.41, 5.74) is -0.668. The van der Waals surface area contributed by atoms with E-state index < -0.39 is 24.0 Å². The van der Waals surface area contributed by atoms with E-state index in [1.165, 1.54) is 4.90 Å². The largest absolute Gasteiger partial charge is 0.488 e. The molecule has 104 valence electrons. The van der Waals surface area contributed by atoms with Crippen molar-refractivity contribution >= 4 is 13.1 Å². The van der Waals surface area contributed by atoms with Crippen LogP contribution in [0.3, 0.4) is 0 Å². The van der Waals surface area contributed by atoms with Crippen molar-refractivity contribution in [1.29, 1.82) is 0 Å². The average Bonchev–Trinajstić information content (AvgIpc) is 2.78. The third-order valence-corrected chi connectivity index (χ3v) is 3.66. The predicted octanol–water partition coefficient (Wildman–Crippen LogP) is 3.23. The molecule has 1 aliphatic carbocycles. The van der Waals surface area contributed by atoms with E-state index in [0.29, 0.717) is 12.8 Å². The minimum Gasteiger partial charge on any atom is -0.448 e. The third kappa shape index (κ3) is 2.31. The number of hydrogen-bond acceptors (Lipinski definition) is 2. The minimum atomic E-state index is -4.90. The topological polar surface area (TPSA) is 29.5 Å². The molecule has 3 nitrogen and oxygen atoms in total. The van der Waals surface area contributed by atoms with Gasteiger partial charge in [0.05, 0.1) is 0 Å². The fourth-order valence-electron chi connectivity index (χ4n) is 2.51. The molecule has 1 saturated carbocycles. The zero-order valence-electron chi connectivity index (χ0n) is 10.9. The molecule has 0 atom stereocenters. The first-order valence-corrected chi connectivity index (χ1v) is 6.22. The summed E-state index contributed by atoms with van der Waals surface area (Å²) < 4.78 is 44.4. The van der Waals surface area contributed by atoms with Crippen LogP contribution in [0.25, 0.3) is 0 Å². The molecular formula is C11H18BF3NO2-. The zero-order chi connectivity index (χ0) is 13.8. The minimum absolute atomic E-state index is 0.226. The number of hydrogen-bond donors (Lipinski definition) is 0. The maximum atomic E-state index is 13.1. The van der Waals surface area contributed by atoms with Crippen LogP contribution in [0.15, 0.2) is 0 Å². The second-order valence-electron chi connectivity index (χ2n) is 6.42. The van der Waals surface area contributed by atoms with Crippen molar-refractivity contribution in [1.82, 2.24) is 4.90 Å². The third-order valence-electron chi connectivity index (χ3n) is 3.66. The van der Waals surface area contributed by atoms with Crippen LogP contribution in [-0.2, 0) is 4.74 Å². The van der Waals surface area contributed by atoms with Gasteiger partial charge in [-0.25, -0.2) is 4.79 Å². The summed E-state index contributed by atoms with van der Waals surface area (Å²) >= 11 is 0. The average molecular weight is 264 g/mol. The molecule has 1 aliphatic heterocycles. The first-order valence-electron chi connectivity index (χ1n) is 6.22. The molecule has 1 heterocycles. The molecule has 0 aromatic rings. The highest BCUT2D eigenvalue weighted by molar-refractivity contribution is 6.63. The Labute approximate surface area is 105 Å². The Kier molecular flexibility index (Phi) is 2.87. The van der Waals surface area contributed by atoms with Crippen LogP contribution in [-0.4, -0.2) is 36.7 Å². The molecule has 7 heteroatoms. The number of carbonyl (C=O) groups excluding carboxylic acids is 1. The molecule has 0 radical (unpaired) electrons. The fraction of sp³-hybridized carbons (Fsp3) is 0.909. The van der Waals surface area contributed by atoms with Gasteiger partial charge in [0.2, 0.25) is 0 Å². The van der Waals surface area contributed by atoms with Gasteiger partial charge in [0.25, 0.3) is 0 Å². The molecule has 0 unspecified atom stereocenters. The van der Waals surface area contributed by atoms with Gasteiger partial charge in [-0.2, -0.15) is 0 Å². The Morgan fingerprint density at radius 1 is 1.28 bits per heavy atom. The van der Waals surface area contributed by atoms with E-state index in [1.54, 1.807) is 20.8 Å². The lowest BCUT2D eigenvalue weighted by Crippen LogP contribution is -2.63. The number of ether oxygens (including phenoxy) is 1. The van der Waals surface area contributed by atoms with Crippen molar-refractivity contribution in [3.8, 4) is 0 Å². The molecule has 0 N–H and O–H groups in total. The van der Waals surface area contributed by atoms with Crippen molar-refractivity contribution in [3.63, 3.8) is 0 Å². The molecular weight excluding hydrogens is 246 g/mol. The quantitative estimate of drug-likeness (QED) is 0.716. The Morgan fingerprint density at radius 2 is 1.78 bits per heavy atom. The normalized spacial score (nSPS) is 23.6. The second-order valence-corrected chi connectivity index (χ2v) is 6.42. The molecule has 0 aromatic carbocycles. The lowest BCUT2D eigenvalue weighted by molar-refractivity contribution is -0.00724. The summed E-state index contributed by atoms with van der Waals surface area (Å²) in [4.78, 5) is 12.8. The molecule has 18 heavy (non-hydrogen) atoms. The maximum absolute atomic E-state index is 13.1. The Morgan fingerprint density at radius 3 is 2.11 bits per heavy atom. The SMILES string of the molecule is CC(C)(C)OC(=O)N1CC(C2CC2)([B-](F)(F)F)C1. The van der Waals surface area contributed by atoms with Crippen LogP contribution >= 0.6 is 0 Å². The highest BCUT2D eigenvalue weighted by Crippen LogP contribution is 2.62. The Hall–Kier alpha value is -0.875. The summed E-state index contributed by atoms with van der Waals surface area (Å²) in [6.07, 6.45) is 0.617. The summed E-state index contributed by atoms with van der Waals surface area (Å²) in [5.74, 6) is -0.281. The highest BCUT2D eigenvalue weighted by Gasteiger charge is 2.64. The molecule has 1 saturated heterocycles. The van der Waals surface area contributed by atoms with E-state index >= 15 is 0 Å². The molecule has 2 rings (SSSR count). The molecule has 0 spiro atoms. The van der Waals surface area contributed by atoms with Gasteiger partial charge in [-0.15, -0.1) is 0 Å². The van der Waals surface area contributed by atoms with Crippen molar-refractivity contribution in [2.45, 2.75) is 44.5 Å². The summed E-state index contributed by atoms with van der Waals surface area (Å²) in [5, 5.41) is -1.61. The standard InChI is InChI=1S/C11H18BF3NO2/c1-10(2,3)18-9(17)16-6-11(7-16,8-4-5-8)12(13,14)15/h8H,4-7H2,1-3H3/q-1. The van der Waals surface area contributed by atoms with E-state index in [2.05, 4.69) is 0 Å². The summed E-state index contributed by atoms with van der Waals surface area (Å²) in [6, 6.07) is 0. The number of rotatable bonds is 2. The van der Waals surface area contributed by atoms with Gasteiger partial charge in [0, 0.05) is 13.1 Å². The van der Waals surface area contributed by atoms with E-state index in [-0.39, 0.29) is 19.0 Å². The first kappa shape index (κ1) is 13.6. The second kappa shape index (κ2) is 3.81. The van der Waals surface area contributed by atoms with Gasteiger partial charge in [0.1, 0.15) is 5.60 Å². The molecule has 2 aliphatic rings. The van der Waals surface area contributed by atoms with Gasteiger partial charge < -0.3 is 22.6 Å². The zero-order valence-corrected chi connectivity index (χ0v) is 10.9. The van der Waals surface area contributed by atoms with Crippen LogP contribution in [0, 0.1) is 5.92 Å². The Bertz CT molecular complexity index is 354. The van der Waals surface area contributed by atoms with Crippen LogP contribution in [0.1, 0.15) is 33.6 Å². The number of nitrogens with zero attached hydrogens (tertiary/aromatic N) is 1. The molecule has 1 amide bonds. The van der Waals surface area contributed by atoms with Gasteiger partial charge in [-0.1, -0.05) is 18.8 Å². The van der Waals surface area contributed by atoms with Crippen LogP contribution in [0.2, 0.25) is 5.31 Å². The summed E-state index contributed by atoms with van der Waals surface area (Å²) in [6.45, 7) is -0.250. The van der Waals surface area contributed by atoms with Crippen molar-refractivity contribution < 1.29 is 22.5 Å².